The van der Waals surface area contributed by atoms with Crippen molar-refractivity contribution in [3.63, 3.8) is 0 Å². The number of hydrogen-bond acceptors (Lipinski definition) is 3. The average Bonchev–Trinajstić information content (AvgIpc) is 2.38. The van der Waals surface area contributed by atoms with Gasteiger partial charge >= 0.3 is 0 Å². The van der Waals surface area contributed by atoms with Crippen LogP contribution in [-0.4, -0.2) is 10.9 Å². The molecule has 102 valence electrons. The zero-order chi connectivity index (χ0) is 14.7. The Labute approximate surface area is 115 Å². The molecule has 5 nitrogen and oxygen atoms in total. The number of nitrogens with one attached hydrogen (secondary N) is 2. The lowest BCUT2D eigenvalue weighted by Gasteiger charge is -2.06. The summed E-state index contributed by atoms with van der Waals surface area (Å²) in [5, 5.41) is 3.07. The Balaban J connectivity index is 2.39. The molecule has 0 radical (unpaired) electrons. The second kappa shape index (κ2) is 5.44. The lowest BCUT2D eigenvalue weighted by Crippen LogP contribution is -2.27. The molecule has 20 heavy (non-hydrogen) atoms. The Morgan fingerprint density at radius 1 is 1.40 bits per heavy atom. The molecular weight excluding hydrogens is 254 g/mol. The molecule has 0 spiro atoms. The molecule has 0 bridgehead atoms. The normalized spacial score (nSPS) is 11.3. The average molecular weight is 269 g/mol. The molecule has 0 aliphatic heterocycles. The summed E-state index contributed by atoms with van der Waals surface area (Å²) >= 11 is 0. The third-order valence-corrected chi connectivity index (χ3v) is 2.75. The maximum Gasteiger partial charge on any atom is 0.260 e. The van der Waals surface area contributed by atoms with E-state index in [1.807, 2.05) is 6.07 Å². The van der Waals surface area contributed by atoms with E-state index in [2.05, 4.69) is 16.9 Å². The molecule has 0 unspecified atom stereocenters. The Bertz CT molecular complexity index is 772. The Hall–Kier alpha value is -2.82. The lowest BCUT2D eigenvalue weighted by molar-refractivity contribution is 0.0965. The molecule has 5 heteroatoms. The van der Waals surface area contributed by atoms with E-state index in [9.17, 15) is 9.59 Å². The van der Waals surface area contributed by atoms with Crippen molar-refractivity contribution in [3.8, 4) is 0 Å². The van der Waals surface area contributed by atoms with Gasteiger partial charge in [-0.25, -0.2) is 0 Å². The molecule has 0 atom stereocenters. The van der Waals surface area contributed by atoms with Gasteiger partial charge in [-0.15, -0.1) is 0 Å². The van der Waals surface area contributed by atoms with Crippen LogP contribution in [0.15, 0.2) is 59.3 Å². The second-order valence-electron chi connectivity index (χ2n) is 4.43. The van der Waals surface area contributed by atoms with Gasteiger partial charge in [-0.1, -0.05) is 18.7 Å². The SMILES string of the molecule is C=C(N)/C=C(\C)NC(=O)c1c[nH]c2ccccc2c1=O. The van der Waals surface area contributed by atoms with Crippen LogP contribution >= 0.6 is 0 Å². The molecule has 0 aliphatic carbocycles. The van der Waals surface area contributed by atoms with Crippen LogP contribution in [0.5, 0.6) is 0 Å². The van der Waals surface area contributed by atoms with Crippen molar-refractivity contribution in [3.05, 3.63) is 70.3 Å². The van der Waals surface area contributed by atoms with Crippen molar-refractivity contribution >= 4 is 16.8 Å². The van der Waals surface area contributed by atoms with E-state index in [0.29, 0.717) is 22.3 Å². The summed E-state index contributed by atoms with van der Waals surface area (Å²) in [7, 11) is 0. The first kappa shape index (κ1) is 13.6. The molecule has 2 rings (SSSR count). The number of carbonyl (C=O) groups excluding carboxylic acids is 1. The molecule has 1 heterocycles. The van der Waals surface area contributed by atoms with Gasteiger partial charge in [0, 0.05) is 28.5 Å². The number of fused-ring (bicyclic) bond motifs is 1. The van der Waals surface area contributed by atoms with Crippen molar-refractivity contribution in [2.24, 2.45) is 5.73 Å². The molecule has 2 aromatic rings. The lowest BCUT2D eigenvalue weighted by atomic mass is 10.1. The molecule has 1 amide bonds. The molecule has 0 fully saturated rings. The number of allylic oxidation sites excluding steroid dienone is 2. The number of aromatic nitrogens is 1. The summed E-state index contributed by atoms with van der Waals surface area (Å²) in [5.74, 6) is -0.480. The van der Waals surface area contributed by atoms with Gasteiger partial charge in [0.2, 0.25) is 5.43 Å². The van der Waals surface area contributed by atoms with Gasteiger partial charge in [0.1, 0.15) is 5.56 Å². The number of amides is 1. The highest BCUT2D eigenvalue weighted by molar-refractivity contribution is 5.97. The Morgan fingerprint density at radius 3 is 2.80 bits per heavy atom. The van der Waals surface area contributed by atoms with Crippen molar-refractivity contribution < 1.29 is 4.79 Å². The fourth-order valence-electron chi connectivity index (χ4n) is 1.90. The molecule has 1 aromatic heterocycles. The smallest absolute Gasteiger partial charge is 0.260 e. The second-order valence-corrected chi connectivity index (χ2v) is 4.43. The Kier molecular flexibility index (Phi) is 3.70. The van der Waals surface area contributed by atoms with Crippen LogP contribution < -0.4 is 16.5 Å². The third kappa shape index (κ3) is 2.77. The standard InChI is InChI=1S/C15H15N3O2/c1-9(16)7-10(2)18-15(20)12-8-17-13-6-4-3-5-11(13)14(12)19/h3-8H,1,16H2,2H3,(H,17,19)(H,18,20)/b10-7+. The number of benzene rings is 1. The largest absolute Gasteiger partial charge is 0.399 e. The van der Waals surface area contributed by atoms with Gasteiger partial charge in [0.25, 0.3) is 5.91 Å². The zero-order valence-electron chi connectivity index (χ0n) is 11.1. The van der Waals surface area contributed by atoms with Crippen LogP contribution in [0, 0.1) is 0 Å². The molecule has 4 N–H and O–H groups in total. The van der Waals surface area contributed by atoms with Crippen LogP contribution in [0.1, 0.15) is 17.3 Å². The summed E-state index contributed by atoms with van der Waals surface area (Å²) < 4.78 is 0. The minimum absolute atomic E-state index is 0.0547. The topological polar surface area (TPSA) is 88.0 Å². The summed E-state index contributed by atoms with van der Waals surface area (Å²) in [5.41, 5.74) is 6.71. The van der Waals surface area contributed by atoms with E-state index >= 15 is 0 Å². The minimum Gasteiger partial charge on any atom is -0.399 e. The summed E-state index contributed by atoms with van der Waals surface area (Å²) in [6.45, 7) is 5.19. The monoisotopic (exact) mass is 269 g/mol. The first-order valence-electron chi connectivity index (χ1n) is 6.03. The van der Waals surface area contributed by atoms with Crippen LogP contribution in [0.2, 0.25) is 0 Å². The van der Waals surface area contributed by atoms with Crippen molar-refractivity contribution in [1.29, 1.82) is 0 Å². The number of carbonyl (C=O) groups is 1. The number of pyridine rings is 1. The minimum atomic E-state index is -0.480. The number of H-pyrrole nitrogens is 1. The molecule has 0 saturated heterocycles. The van der Waals surface area contributed by atoms with Gasteiger partial charge in [-0.05, 0) is 25.1 Å². The van der Waals surface area contributed by atoms with E-state index in [-0.39, 0.29) is 11.0 Å². The van der Waals surface area contributed by atoms with E-state index in [4.69, 9.17) is 5.73 Å². The van der Waals surface area contributed by atoms with Gasteiger partial charge in [0.15, 0.2) is 0 Å². The van der Waals surface area contributed by atoms with Crippen LogP contribution in [0.25, 0.3) is 10.9 Å². The number of rotatable bonds is 3. The summed E-state index contributed by atoms with van der Waals surface area (Å²) in [4.78, 5) is 27.2. The fraction of sp³-hybridized carbons (Fsp3) is 0.0667. The summed E-state index contributed by atoms with van der Waals surface area (Å²) in [6, 6.07) is 7.03. The van der Waals surface area contributed by atoms with Gasteiger partial charge in [0.05, 0.1) is 0 Å². The maximum absolute atomic E-state index is 12.2. The molecule has 1 aromatic carbocycles. The van der Waals surface area contributed by atoms with E-state index in [1.165, 1.54) is 12.3 Å². The van der Waals surface area contributed by atoms with Crippen molar-refractivity contribution in [2.75, 3.05) is 0 Å². The first-order chi connectivity index (χ1) is 9.49. The number of nitrogens with two attached hydrogens (primary N) is 1. The molecule has 0 saturated carbocycles. The van der Waals surface area contributed by atoms with Gasteiger partial charge in [-0.2, -0.15) is 0 Å². The number of hydrogen-bond donors (Lipinski definition) is 3. The quantitative estimate of drug-likeness (QED) is 0.740. The molecule has 0 aliphatic rings. The highest BCUT2D eigenvalue weighted by Crippen LogP contribution is 2.07. The van der Waals surface area contributed by atoms with Gasteiger partial charge in [-0.3, -0.25) is 9.59 Å². The highest BCUT2D eigenvalue weighted by atomic mass is 16.2. The Morgan fingerprint density at radius 2 is 2.10 bits per heavy atom. The van der Waals surface area contributed by atoms with Crippen molar-refractivity contribution in [2.45, 2.75) is 6.92 Å². The van der Waals surface area contributed by atoms with Crippen molar-refractivity contribution in [1.82, 2.24) is 10.3 Å². The maximum atomic E-state index is 12.2. The van der Waals surface area contributed by atoms with Crippen LogP contribution in [0.4, 0.5) is 0 Å². The highest BCUT2D eigenvalue weighted by Gasteiger charge is 2.12. The first-order valence-corrected chi connectivity index (χ1v) is 6.03. The van der Waals surface area contributed by atoms with E-state index in [1.54, 1.807) is 25.1 Å². The van der Waals surface area contributed by atoms with Gasteiger partial charge < -0.3 is 16.0 Å². The van der Waals surface area contributed by atoms with Crippen LogP contribution in [-0.2, 0) is 0 Å². The predicted molar refractivity (Wildman–Crippen MR) is 79.1 cm³/mol. The fourth-order valence-corrected chi connectivity index (χ4v) is 1.90. The van der Waals surface area contributed by atoms with E-state index in [0.717, 1.165) is 0 Å². The van der Waals surface area contributed by atoms with Crippen LogP contribution in [0.3, 0.4) is 0 Å². The third-order valence-electron chi connectivity index (χ3n) is 2.75. The summed E-state index contributed by atoms with van der Waals surface area (Å²) in [6.07, 6.45) is 2.93. The number of aromatic amines is 1. The zero-order valence-corrected chi connectivity index (χ0v) is 11.1. The van der Waals surface area contributed by atoms with E-state index < -0.39 is 5.91 Å². The predicted octanol–water partition coefficient (Wildman–Crippen LogP) is 1.63. The molecular formula is C15H15N3O2. The number of para-hydroxylation sites is 1.